The van der Waals surface area contributed by atoms with Crippen LogP contribution in [0.15, 0.2) is 12.6 Å². The van der Waals surface area contributed by atoms with Crippen molar-refractivity contribution in [2.75, 3.05) is 12.8 Å². The molecule has 0 saturated carbocycles. The lowest BCUT2D eigenvalue weighted by Crippen LogP contribution is -2.09. The number of nitrogens with one attached hydrogen (secondary N) is 1. The molecular weight excluding hydrogens is 220 g/mol. The van der Waals surface area contributed by atoms with E-state index >= 15 is 0 Å². The predicted molar refractivity (Wildman–Crippen MR) is 85.9 cm³/mol. The van der Waals surface area contributed by atoms with Gasteiger partial charge < -0.3 is 11.1 Å². The maximum atomic E-state index is 6.03. The van der Waals surface area contributed by atoms with Crippen molar-refractivity contribution in [3.05, 3.63) is 34.9 Å². The summed E-state index contributed by atoms with van der Waals surface area (Å²) in [7, 11) is 1.86. The molecule has 0 aliphatic heterocycles. The van der Waals surface area contributed by atoms with Crippen molar-refractivity contribution in [2.45, 2.75) is 48.5 Å². The number of rotatable bonds is 2. The molecule has 0 fully saturated rings. The average molecular weight is 250 g/mol. The number of nitrogen functional groups attached to an aromatic ring is 1. The van der Waals surface area contributed by atoms with Crippen LogP contribution < -0.4 is 11.1 Å². The summed E-state index contributed by atoms with van der Waals surface area (Å²) in [4.78, 5) is 0. The van der Waals surface area contributed by atoms with Gasteiger partial charge in [0.05, 0.1) is 0 Å². The lowest BCUT2D eigenvalue weighted by molar-refractivity contribution is 1.12. The quantitative estimate of drug-likeness (QED) is 0.762. The van der Waals surface area contributed by atoms with Gasteiger partial charge in [-0.25, -0.2) is 0 Å². The smallest absolute Gasteiger partial charge is 0.0440 e. The Morgan fingerprint density at radius 3 is 1.89 bits per heavy atom. The SMILES string of the molecule is C=C(NC)c1c(C)c(C)cc(C)c1N.CC.CC. The summed E-state index contributed by atoms with van der Waals surface area (Å²) in [6, 6.07) is 2.11. The van der Waals surface area contributed by atoms with Crippen LogP contribution in [0.3, 0.4) is 0 Å². The van der Waals surface area contributed by atoms with Gasteiger partial charge in [0, 0.05) is 24.0 Å². The van der Waals surface area contributed by atoms with Gasteiger partial charge in [0.25, 0.3) is 0 Å². The molecule has 0 aliphatic rings. The van der Waals surface area contributed by atoms with Crippen LogP contribution in [0.5, 0.6) is 0 Å². The van der Waals surface area contributed by atoms with Crippen LogP contribution in [0.2, 0.25) is 0 Å². The Hall–Kier alpha value is -1.44. The molecule has 1 aromatic carbocycles. The van der Waals surface area contributed by atoms with Gasteiger partial charge in [-0.2, -0.15) is 0 Å². The lowest BCUT2D eigenvalue weighted by Gasteiger charge is -2.16. The van der Waals surface area contributed by atoms with Gasteiger partial charge in [0.2, 0.25) is 0 Å². The molecule has 3 N–H and O–H groups in total. The average Bonchev–Trinajstić information content (AvgIpc) is 2.41. The zero-order valence-corrected chi connectivity index (χ0v) is 13.4. The fraction of sp³-hybridized carbons (Fsp3) is 0.500. The molecule has 0 unspecified atom stereocenters. The number of aryl methyl sites for hydroxylation is 2. The third-order valence-corrected chi connectivity index (χ3v) is 2.70. The van der Waals surface area contributed by atoms with Crippen LogP contribution in [0, 0.1) is 20.8 Å². The molecule has 0 saturated heterocycles. The summed E-state index contributed by atoms with van der Waals surface area (Å²) in [6.45, 7) is 18.1. The molecule has 2 nitrogen and oxygen atoms in total. The van der Waals surface area contributed by atoms with Crippen LogP contribution in [0.25, 0.3) is 5.70 Å². The highest BCUT2D eigenvalue weighted by Gasteiger charge is 2.10. The highest BCUT2D eigenvalue weighted by Crippen LogP contribution is 2.28. The maximum Gasteiger partial charge on any atom is 0.0440 e. The fourth-order valence-corrected chi connectivity index (χ4v) is 1.62. The third kappa shape index (κ3) is 4.44. The standard InChI is InChI=1S/C12H18N2.2C2H6/c1-7-6-8(2)12(13)11(9(7)3)10(4)14-5;2*1-2/h6,14H,4,13H2,1-3,5H3;2*1-2H3. The molecule has 0 radical (unpaired) electrons. The first-order valence-corrected chi connectivity index (χ1v) is 6.72. The first kappa shape index (κ1) is 18.9. The van der Waals surface area contributed by atoms with Crippen molar-refractivity contribution in [2.24, 2.45) is 0 Å². The summed E-state index contributed by atoms with van der Waals surface area (Å²) in [6.07, 6.45) is 0. The van der Waals surface area contributed by atoms with Gasteiger partial charge in [-0.3, -0.25) is 0 Å². The summed E-state index contributed by atoms with van der Waals surface area (Å²) < 4.78 is 0. The van der Waals surface area contributed by atoms with E-state index in [2.05, 4.69) is 31.8 Å². The van der Waals surface area contributed by atoms with Crippen molar-refractivity contribution < 1.29 is 0 Å². The van der Waals surface area contributed by atoms with Gasteiger partial charge >= 0.3 is 0 Å². The summed E-state index contributed by atoms with van der Waals surface area (Å²) in [5.41, 5.74) is 12.3. The molecular formula is C16H30N2. The molecule has 0 atom stereocenters. The van der Waals surface area contributed by atoms with Crippen LogP contribution >= 0.6 is 0 Å². The minimum atomic E-state index is 0.826. The Morgan fingerprint density at radius 1 is 1.06 bits per heavy atom. The molecule has 0 aromatic heterocycles. The van der Waals surface area contributed by atoms with Gasteiger partial charge in [-0.1, -0.05) is 40.3 Å². The first-order valence-electron chi connectivity index (χ1n) is 6.72. The first-order chi connectivity index (χ1) is 8.49. The molecule has 1 aromatic rings. The van der Waals surface area contributed by atoms with Crippen LogP contribution in [0.1, 0.15) is 49.9 Å². The summed E-state index contributed by atoms with van der Waals surface area (Å²) in [5, 5.41) is 3.04. The van der Waals surface area contributed by atoms with E-state index in [0.717, 1.165) is 22.5 Å². The van der Waals surface area contributed by atoms with Gasteiger partial charge in [-0.05, 0) is 37.5 Å². The highest BCUT2D eigenvalue weighted by atomic mass is 14.8. The molecule has 0 aliphatic carbocycles. The van der Waals surface area contributed by atoms with Crippen molar-refractivity contribution >= 4 is 11.4 Å². The minimum Gasteiger partial charge on any atom is -0.398 e. The number of benzene rings is 1. The maximum absolute atomic E-state index is 6.03. The molecule has 0 spiro atoms. The number of nitrogens with two attached hydrogens (primary N) is 1. The van der Waals surface area contributed by atoms with E-state index < -0.39 is 0 Å². The van der Waals surface area contributed by atoms with Crippen LogP contribution in [0.4, 0.5) is 5.69 Å². The van der Waals surface area contributed by atoms with Gasteiger partial charge in [-0.15, -0.1) is 0 Å². The molecule has 2 heteroatoms. The number of hydrogen-bond acceptors (Lipinski definition) is 2. The Balaban J connectivity index is 0. The molecule has 0 amide bonds. The lowest BCUT2D eigenvalue weighted by atomic mass is 9.96. The van der Waals surface area contributed by atoms with E-state index in [1.807, 2.05) is 41.7 Å². The monoisotopic (exact) mass is 250 g/mol. The Labute approximate surface area is 113 Å². The second kappa shape index (κ2) is 9.58. The largest absolute Gasteiger partial charge is 0.398 e. The van der Waals surface area contributed by atoms with E-state index in [9.17, 15) is 0 Å². The zero-order valence-electron chi connectivity index (χ0n) is 13.4. The minimum absolute atomic E-state index is 0.826. The van der Waals surface area contributed by atoms with Crippen LogP contribution in [-0.2, 0) is 0 Å². The highest BCUT2D eigenvalue weighted by molar-refractivity contribution is 5.78. The normalized spacial score (nSPS) is 8.44. The van der Waals surface area contributed by atoms with E-state index in [1.165, 1.54) is 11.1 Å². The van der Waals surface area contributed by atoms with Crippen molar-refractivity contribution in [1.29, 1.82) is 0 Å². The van der Waals surface area contributed by atoms with Crippen molar-refractivity contribution in [3.8, 4) is 0 Å². The van der Waals surface area contributed by atoms with Crippen LogP contribution in [-0.4, -0.2) is 7.05 Å². The predicted octanol–water partition coefficient (Wildman–Crippen LogP) is 4.44. The summed E-state index contributed by atoms with van der Waals surface area (Å²) >= 11 is 0. The third-order valence-electron chi connectivity index (χ3n) is 2.70. The fourth-order valence-electron chi connectivity index (χ4n) is 1.62. The molecule has 0 bridgehead atoms. The second-order valence-corrected chi connectivity index (χ2v) is 3.65. The number of anilines is 1. The number of hydrogen-bond donors (Lipinski definition) is 2. The Morgan fingerprint density at radius 2 is 1.50 bits per heavy atom. The van der Waals surface area contributed by atoms with E-state index in [4.69, 9.17) is 5.73 Å². The van der Waals surface area contributed by atoms with E-state index in [0.29, 0.717) is 0 Å². The zero-order chi connectivity index (χ0) is 14.9. The Bertz CT molecular complexity index is 353. The molecule has 1 rings (SSSR count). The topological polar surface area (TPSA) is 38.0 Å². The van der Waals surface area contributed by atoms with E-state index in [-0.39, 0.29) is 0 Å². The summed E-state index contributed by atoms with van der Waals surface area (Å²) in [5.74, 6) is 0. The van der Waals surface area contributed by atoms with Crippen molar-refractivity contribution in [1.82, 2.24) is 5.32 Å². The van der Waals surface area contributed by atoms with Crippen molar-refractivity contribution in [3.63, 3.8) is 0 Å². The second-order valence-electron chi connectivity index (χ2n) is 3.65. The Kier molecular flexibility index (Phi) is 10.1. The van der Waals surface area contributed by atoms with Gasteiger partial charge in [0.15, 0.2) is 0 Å². The molecule has 104 valence electrons. The molecule has 18 heavy (non-hydrogen) atoms. The molecule has 0 heterocycles. The van der Waals surface area contributed by atoms with Gasteiger partial charge in [0.1, 0.15) is 0 Å². The van der Waals surface area contributed by atoms with E-state index in [1.54, 1.807) is 0 Å².